The lowest BCUT2D eigenvalue weighted by Gasteiger charge is -2.25. The van der Waals surface area contributed by atoms with Crippen molar-refractivity contribution in [2.24, 2.45) is 0 Å². The van der Waals surface area contributed by atoms with Crippen LogP contribution in [-0.2, 0) is 9.53 Å². The van der Waals surface area contributed by atoms with Crippen LogP contribution in [0.25, 0.3) is 16.9 Å². The quantitative estimate of drug-likeness (QED) is 0.298. The summed E-state index contributed by atoms with van der Waals surface area (Å²) in [4.78, 5) is 32.8. The molecule has 0 spiro atoms. The molecule has 1 fully saturated rings. The molecule has 200 valence electrons. The second-order valence-corrected chi connectivity index (χ2v) is 9.97. The summed E-state index contributed by atoms with van der Waals surface area (Å²) in [6.45, 7) is 2.66. The number of rotatable bonds is 8. The van der Waals surface area contributed by atoms with Crippen molar-refractivity contribution in [2.75, 3.05) is 25.0 Å². The fourth-order valence-corrected chi connectivity index (χ4v) is 4.62. The first-order valence-electron chi connectivity index (χ1n) is 12.7. The lowest BCUT2D eigenvalue weighted by atomic mass is 10.1. The molecular weight excluding hydrogens is 519 g/mol. The molecule has 0 aliphatic carbocycles. The highest BCUT2D eigenvalue weighted by atomic mass is 35.5. The summed E-state index contributed by atoms with van der Waals surface area (Å²) in [6.07, 6.45) is 3.39. The van der Waals surface area contributed by atoms with E-state index in [1.165, 1.54) is 29.2 Å². The van der Waals surface area contributed by atoms with Crippen LogP contribution in [0.15, 0.2) is 79.0 Å². The van der Waals surface area contributed by atoms with Gasteiger partial charge in [0, 0.05) is 41.2 Å². The van der Waals surface area contributed by atoms with Crippen LogP contribution < -0.4 is 5.32 Å². The zero-order valence-electron chi connectivity index (χ0n) is 21.4. The van der Waals surface area contributed by atoms with Gasteiger partial charge in [0.2, 0.25) is 11.9 Å². The number of hydrogen-bond acceptors (Lipinski definition) is 4. The maximum Gasteiger partial charge on any atom is 0.254 e. The molecule has 1 atom stereocenters. The number of carbonyl (C=O) groups excluding carboxylic acids is 2. The van der Waals surface area contributed by atoms with Crippen LogP contribution in [0.2, 0.25) is 5.02 Å². The maximum atomic E-state index is 13.5. The summed E-state index contributed by atoms with van der Waals surface area (Å²) < 4.78 is 21.0. The smallest absolute Gasteiger partial charge is 0.254 e. The van der Waals surface area contributed by atoms with Crippen molar-refractivity contribution in [1.29, 1.82) is 0 Å². The zero-order chi connectivity index (χ0) is 27.4. The molecule has 0 saturated carbocycles. The molecule has 0 radical (unpaired) electrons. The van der Waals surface area contributed by atoms with Gasteiger partial charge in [0.15, 0.2) is 0 Å². The molecule has 1 saturated heterocycles. The Kier molecular flexibility index (Phi) is 8.05. The van der Waals surface area contributed by atoms with Crippen LogP contribution in [0.5, 0.6) is 0 Å². The van der Waals surface area contributed by atoms with Crippen molar-refractivity contribution < 1.29 is 18.7 Å². The molecule has 1 aliphatic rings. The van der Waals surface area contributed by atoms with Crippen molar-refractivity contribution in [3.63, 3.8) is 0 Å². The number of benzene rings is 3. The Morgan fingerprint density at radius 3 is 2.46 bits per heavy atom. The number of carbonyl (C=O) groups is 2. The number of nitrogens with zero attached hydrogens (tertiary/aromatic N) is 3. The minimum Gasteiger partial charge on any atom is -0.376 e. The molecule has 1 aromatic heterocycles. The topological polar surface area (TPSA) is 76.5 Å². The number of aromatic nitrogens is 2. The molecule has 39 heavy (non-hydrogen) atoms. The summed E-state index contributed by atoms with van der Waals surface area (Å²) in [7, 11) is 0. The fourth-order valence-electron chi connectivity index (χ4n) is 4.50. The monoisotopic (exact) mass is 546 g/mol. The molecular formula is C30H28ClFN4O3. The summed E-state index contributed by atoms with van der Waals surface area (Å²) in [5, 5.41) is 3.50. The third-order valence-electron chi connectivity index (χ3n) is 6.57. The van der Waals surface area contributed by atoms with Gasteiger partial charge >= 0.3 is 0 Å². The van der Waals surface area contributed by atoms with Crippen molar-refractivity contribution in [3.05, 3.63) is 101 Å². The SMILES string of the molecule is Cc1ccc(-n2cc(-c3ccc(Cl)cc3)nc2NC(=O)CN(C[C@H]2CCCO2)C(=O)c2ccc(F)cc2)cc1. The fraction of sp³-hybridized carbons (Fsp3) is 0.233. The summed E-state index contributed by atoms with van der Waals surface area (Å²) in [6, 6.07) is 20.4. The molecule has 1 N–H and O–H groups in total. The van der Waals surface area contributed by atoms with Gasteiger partial charge in [-0.2, -0.15) is 0 Å². The van der Waals surface area contributed by atoms with Gasteiger partial charge in [0.05, 0.1) is 11.8 Å². The number of amides is 2. The van der Waals surface area contributed by atoms with Crippen LogP contribution in [0.1, 0.15) is 28.8 Å². The third-order valence-corrected chi connectivity index (χ3v) is 6.82. The van der Waals surface area contributed by atoms with Crippen molar-refractivity contribution in [2.45, 2.75) is 25.9 Å². The third kappa shape index (κ3) is 6.53. The van der Waals surface area contributed by atoms with Crippen molar-refractivity contribution >= 4 is 29.4 Å². The van der Waals surface area contributed by atoms with E-state index in [2.05, 4.69) is 5.32 Å². The van der Waals surface area contributed by atoms with Crippen LogP contribution >= 0.6 is 11.6 Å². The number of halogens is 2. The summed E-state index contributed by atoms with van der Waals surface area (Å²) >= 11 is 6.06. The second kappa shape index (κ2) is 11.8. The molecule has 3 aromatic carbocycles. The molecule has 7 nitrogen and oxygen atoms in total. The van der Waals surface area contributed by atoms with Gasteiger partial charge in [-0.05, 0) is 68.3 Å². The average molecular weight is 547 g/mol. The Hall–Kier alpha value is -4.01. The molecule has 1 aliphatic heterocycles. The van der Waals surface area contributed by atoms with Gasteiger partial charge in [0.1, 0.15) is 12.4 Å². The highest BCUT2D eigenvalue weighted by molar-refractivity contribution is 6.30. The molecule has 0 unspecified atom stereocenters. The predicted molar refractivity (Wildman–Crippen MR) is 149 cm³/mol. The van der Waals surface area contributed by atoms with Gasteiger partial charge in [-0.1, -0.05) is 41.4 Å². The normalized spacial score (nSPS) is 14.8. The Morgan fingerprint density at radius 2 is 1.79 bits per heavy atom. The van der Waals surface area contributed by atoms with E-state index in [1.54, 1.807) is 16.7 Å². The van der Waals surface area contributed by atoms with E-state index in [0.717, 1.165) is 29.7 Å². The van der Waals surface area contributed by atoms with E-state index in [9.17, 15) is 14.0 Å². The molecule has 9 heteroatoms. The Bertz CT molecular complexity index is 1450. The first kappa shape index (κ1) is 26.6. The molecule has 4 aromatic rings. The molecule has 0 bridgehead atoms. The zero-order valence-corrected chi connectivity index (χ0v) is 22.2. The highest BCUT2D eigenvalue weighted by Crippen LogP contribution is 2.26. The summed E-state index contributed by atoms with van der Waals surface area (Å²) in [5.41, 5.74) is 3.72. The first-order chi connectivity index (χ1) is 18.9. The average Bonchev–Trinajstić information content (AvgIpc) is 3.59. The van der Waals surface area contributed by atoms with Crippen molar-refractivity contribution in [1.82, 2.24) is 14.5 Å². The second-order valence-electron chi connectivity index (χ2n) is 9.54. The standard InChI is InChI=1S/C30H28ClFN4O3/c1-20-4-14-25(15-5-20)36-18-27(21-6-10-23(31)11-7-21)33-30(36)34-28(37)19-35(17-26-3-2-16-39-26)29(38)22-8-12-24(32)13-9-22/h4-15,18,26H,2-3,16-17,19H2,1H3,(H,33,34,37)/t26-/m1/s1. The Morgan fingerprint density at radius 1 is 1.08 bits per heavy atom. The number of nitrogens with one attached hydrogen (secondary N) is 1. The number of aryl methyl sites for hydroxylation is 1. The maximum absolute atomic E-state index is 13.5. The van der Waals surface area contributed by atoms with E-state index >= 15 is 0 Å². The largest absolute Gasteiger partial charge is 0.376 e. The van der Waals surface area contributed by atoms with Gasteiger partial charge in [-0.3, -0.25) is 19.5 Å². The molecule has 2 heterocycles. The number of hydrogen-bond donors (Lipinski definition) is 1. The minimum absolute atomic E-state index is 0.159. The van der Waals surface area contributed by atoms with Gasteiger partial charge in [0.25, 0.3) is 5.91 Å². The van der Waals surface area contributed by atoms with Crippen LogP contribution in [0, 0.1) is 12.7 Å². The number of imidazole rings is 1. The van der Waals surface area contributed by atoms with E-state index in [-0.39, 0.29) is 25.1 Å². The van der Waals surface area contributed by atoms with Crippen molar-refractivity contribution in [3.8, 4) is 16.9 Å². The highest BCUT2D eigenvalue weighted by Gasteiger charge is 2.26. The molecule has 5 rings (SSSR count). The predicted octanol–water partition coefficient (Wildman–Crippen LogP) is 5.90. The minimum atomic E-state index is -0.436. The van der Waals surface area contributed by atoms with Crippen LogP contribution in [-0.4, -0.2) is 52.1 Å². The number of anilines is 1. The van der Waals surface area contributed by atoms with E-state index in [0.29, 0.717) is 28.8 Å². The van der Waals surface area contributed by atoms with E-state index < -0.39 is 11.7 Å². The lowest BCUT2D eigenvalue weighted by molar-refractivity contribution is -0.117. The van der Waals surface area contributed by atoms with E-state index in [4.69, 9.17) is 21.3 Å². The Balaban J connectivity index is 1.41. The van der Waals surface area contributed by atoms with Gasteiger partial charge in [-0.25, -0.2) is 9.37 Å². The van der Waals surface area contributed by atoms with E-state index in [1.807, 2.05) is 49.5 Å². The lowest BCUT2D eigenvalue weighted by Crippen LogP contribution is -2.42. The van der Waals surface area contributed by atoms with Crippen LogP contribution in [0.4, 0.5) is 10.3 Å². The molecule has 2 amide bonds. The van der Waals surface area contributed by atoms with Crippen LogP contribution in [0.3, 0.4) is 0 Å². The Labute approximate surface area is 231 Å². The van der Waals surface area contributed by atoms with Gasteiger partial charge < -0.3 is 9.64 Å². The first-order valence-corrected chi connectivity index (χ1v) is 13.1. The number of ether oxygens (including phenoxy) is 1. The summed E-state index contributed by atoms with van der Waals surface area (Å²) in [5.74, 6) is -0.899. The van der Waals surface area contributed by atoms with Gasteiger partial charge in [-0.15, -0.1) is 0 Å².